The van der Waals surface area contributed by atoms with Gasteiger partial charge in [0.1, 0.15) is 11.4 Å². The van der Waals surface area contributed by atoms with E-state index in [-0.39, 0.29) is 11.2 Å². The lowest BCUT2D eigenvalue weighted by molar-refractivity contribution is -0.0159. The van der Waals surface area contributed by atoms with Crippen LogP contribution in [-0.2, 0) is 16.0 Å². The number of hydrogen-bond acceptors (Lipinski definition) is 4. The van der Waals surface area contributed by atoms with Crippen LogP contribution in [0.3, 0.4) is 0 Å². The lowest BCUT2D eigenvalue weighted by Gasteiger charge is -2.26. The van der Waals surface area contributed by atoms with Crippen molar-refractivity contribution in [3.8, 4) is 0 Å². The van der Waals surface area contributed by atoms with E-state index in [1.54, 1.807) is 13.2 Å². The normalized spacial score (nSPS) is 22.1. The molecule has 6 heteroatoms. The Hall–Kier alpha value is -1.50. The Morgan fingerprint density at radius 3 is 2.95 bits per heavy atom. The smallest absolute Gasteiger partial charge is 0.338 e. The predicted molar refractivity (Wildman–Crippen MR) is 70.2 cm³/mol. The summed E-state index contributed by atoms with van der Waals surface area (Å²) in [5.74, 6) is -1.98. The van der Waals surface area contributed by atoms with Crippen molar-refractivity contribution in [2.24, 2.45) is 0 Å². The third-order valence-corrected chi connectivity index (χ3v) is 3.54. The minimum Gasteiger partial charge on any atom is -0.478 e. The summed E-state index contributed by atoms with van der Waals surface area (Å²) in [6, 6.07) is 4.12. The quantitative estimate of drug-likeness (QED) is 0.826. The summed E-state index contributed by atoms with van der Waals surface area (Å²) in [6.07, 6.45) is 0.822. The topological polar surface area (TPSA) is 67.8 Å². The summed E-state index contributed by atoms with van der Waals surface area (Å²) in [5.41, 5.74) is 0.0588. The standard InChI is InChI=1S/C14H18FNO4/c1-19-14(4-5-20-9-14)8-16-7-10-2-3-11(13(17)18)12(15)6-10/h2-3,6,16H,4-5,7-9H2,1H3,(H,17,18). The van der Waals surface area contributed by atoms with Crippen molar-refractivity contribution >= 4 is 5.97 Å². The van der Waals surface area contributed by atoms with E-state index in [2.05, 4.69) is 5.32 Å². The molecule has 1 heterocycles. The molecule has 1 aromatic carbocycles. The fourth-order valence-electron chi connectivity index (χ4n) is 2.24. The molecule has 1 aliphatic rings. The maximum Gasteiger partial charge on any atom is 0.338 e. The van der Waals surface area contributed by atoms with Crippen LogP contribution in [0.5, 0.6) is 0 Å². The second kappa shape index (κ2) is 6.30. The maximum atomic E-state index is 13.5. The van der Waals surface area contributed by atoms with Crippen LogP contribution in [0.15, 0.2) is 18.2 Å². The minimum absolute atomic E-state index is 0.314. The Morgan fingerprint density at radius 2 is 2.40 bits per heavy atom. The molecule has 0 bridgehead atoms. The number of benzene rings is 1. The first kappa shape index (κ1) is 14.9. The fraction of sp³-hybridized carbons (Fsp3) is 0.500. The van der Waals surface area contributed by atoms with E-state index < -0.39 is 11.8 Å². The first-order valence-corrected chi connectivity index (χ1v) is 6.42. The lowest BCUT2D eigenvalue weighted by Crippen LogP contribution is -2.42. The predicted octanol–water partition coefficient (Wildman–Crippen LogP) is 1.42. The van der Waals surface area contributed by atoms with Crippen LogP contribution in [0, 0.1) is 5.82 Å². The van der Waals surface area contributed by atoms with E-state index >= 15 is 0 Å². The second-order valence-corrected chi connectivity index (χ2v) is 4.91. The van der Waals surface area contributed by atoms with Gasteiger partial charge in [-0.25, -0.2) is 9.18 Å². The molecule has 20 heavy (non-hydrogen) atoms. The minimum atomic E-state index is -1.26. The lowest BCUT2D eigenvalue weighted by atomic mass is 10.0. The molecule has 0 spiro atoms. The van der Waals surface area contributed by atoms with E-state index in [0.29, 0.717) is 31.9 Å². The zero-order chi connectivity index (χ0) is 14.6. The molecule has 1 aromatic rings. The third-order valence-electron chi connectivity index (χ3n) is 3.54. The molecule has 110 valence electrons. The van der Waals surface area contributed by atoms with E-state index in [4.69, 9.17) is 14.6 Å². The number of carboxylic acid groups (broad SMARTS) is 1. The Balaban J connectivity index is 1.91. The first-order valence-electron chi connectivity index (χ1n) is 6.42. The Labute approximate surface area is 116 Å². The van der Waals surface area contributed by atoms with Crippen molar-refractivity contribution in [3.63, 3.8) is 0 Å². The number of rotatable bonds is 6. The van der Waals surface area contributed by atoms with Gasteiger partial charge in [0.25, 0.3) is 0 Å². The molecule has 0 radical (unpaired) electrons. The zero-order valence-corrected chi connectivity index (χ0v) is 11.3. The number of nitrogens with one attached hydrogen (secondary N) is 1. The monoisotopic (exact) mass is 283 g/mol. The average Bonchev–Trinajstić information content (AvgIpc) is 2.88. The molecule has 1 fully saturated rings. The number of carboxylic acids is 1. The molecular weight excluding hydrogens is 265 g/mol. The van der Waals surface area contributed by atoms with Crippen LogP contribution in [0.25, 0.3) is 0 Å². The summed E-state index contributed by atoms with van der Waals surface area (Å²) in [6.45, 7) is 2.27. The number of aromatic carboxylic acids is 1. The Morgan fingerprint density at radius 1 is 1.60 bits per heavy atom. The van der Waals surface area contributed by atoms with Gasteiger partial charge in [0.15, 0.2) is 0 Å². The van der Waals surface area contributed by atoms with E-state index in [0.717, 1.165) is 6.42 Å². The van der Waals surface area contributed by atoms with Crippen LogP contribution in [0.2, 0.25) is 0 Å². The van der Waals surface area contributed by atoms with Crippen LogP contribution >= 0.6 is 0 Å². The molecule has 5 nitrogen and oxygen atoms in total. The number of methoxy groups -OCH3 is 1. The molecule has 0 aromatic heterocycles. The SMILES string of the molecule is COC1(CNCc2ccc(C(=O)O)c(F)c2)CCOC1. The highest BCUT2D eigenvalue weighted by Gasteiger charge is 2.34. The summed E-state index contributed by atoms with van der Waals surface area (Å²) in [7, 11) is 1.65. The largest absolute Gasteiger partial charge is 0.478 e. The number of carbonyl (C=O) groups is 1. The highest BCUT2D eigenvalue weighted by Crippen LogP contribution is 2.21. The molecular formula is C14H18FNO4. The zero-order valence-electron chi connectivity index (χ0n) is 11.3. The van der Waals surface area contributed by atoms with Gasteiger partial charge in [0.2, 0.25) is 0 Å². The van der Waals surface area contributed by atoms with Gasteiger partial charge >= 0.3 is 5.97 Å². The van der Waals surface area contributed by atoms with E-state index in [1.807, 2.05) is 0 Å². The highest BCUT2D eigenvalue weighted by molar-refractivity contribution is 5.87. The van der Waals surface area contributed by atoms with Gasteiger partial charge in [0, 0.05) is 33.2 Å². The molecule has 0 aliphatic carbocycles. The molecule has 1 atom stereocenters. The van der Waals surface area contributed by atoms with Crippen LogP contribution in [-0.4, -0.2) is 43.5 Å². The summed E-state index contributed by atoms with van der Waals surface area (Å²) < 4.78 is 24.3. The average molecular weight is 283 g/mol. The molecule has 2 rings (SSSR count). The van der Waals surface area contributed by atoms with Crippen LogP contribution < -0.4 is 5.32 Å². The molecule has 2 N–H and O–H groups in total. The van der Waals surface area contributed by atoms with Crippen molar-refractivity contribution in [2.75, 3.05) is 26.9 Å². The van der Waals surface area contributed by atoms with Crippen LogP contribution in [0.4, 0.5) is 4.39 Å². The summed E-state index contributed by atoms with van der Waals surface area (Å²) in [4.78, 5) is 10.7. The molecule has 1 saturated heterocycles. The Kier molecular flexibility index (Phi) is 4.69. The number of halogens is 1. The second-order valence-electron chi connectivity index (χ2n) is 4.91. The number of ether oxygens (including phenoxy) is 2. The molecule has 0 saturated carbocycles. The molecule has 1 unspecified atom stereocenters. The van der Waals surface area contributed by atoms with Gasteiger partial charge in [-0.15, -0.1) is 0 Å². The van der Waals surface area contributed by atoms with Gasteiger partial charge in [-0.1, -0.05) is 6.07 Å². The molecule has 1 aliphatic heterocycles. The van der Waals surface area contributed by atoms with Crippen molar-refractivity contribution in [1.29, 1.82) is 0 Å². The fourth-order valence-corrected chi connectivity index (χ4v) is 2.24. The number of hydrogen-bond donors (Lipinski definition) is 2. The first-order chi connectivity index (χ1) is 9.56. The van der Waals surface area contributed by atoms with Crippen molar-refractivity contribution in [2.45, 2.75) is 18.6 Å². The molecule has 0 amide bonds. The van der Waals surface area contributed by atoms with Gasteiger partial charge in [-0.05, 0) is 17.7 Å². The van der Waals surface area contributed by atoms with Gasteiger partial charge in [-0.3, -0.25) is 0 Å². The van der Waals surface area contributed by atoms with Crippen molar-refractivity contribution in [3.05, 3.63) is 35.1 Å². The Bertz CT molecular complexity index is 486. The summed E-state index contributed by atoms with van der Waals surface area (Å²) >= 11 is 0. The van der Waals surface area contributed by atoms with Crippen molar-refractivity contribution in [1.82, 2.24) is 5.32 Å². The maximum absolute atomic E-state index is 13.5. The van der Waals surface area contributed by atoms with Gasteiger partial charge in [-0.2, -0.15) is 0 Å². The van der Waals surface area contributed by atoms with Crippen molar-refractivity contribution < 1.29 is 23.8 Å². The highest BCUT2D eigenvalue weighted by atomic mass is 19.1. The van der Waals surface area contributed by atoms with E-state index in [1.165, 1.54) is 12.1 Å². The van der Waals surface area contributed by atoms with Gasteiger partial charge in [0.05, 0.1) is 12.2 Å². The van der Waals surface area contributed by atoms with E-state index in [9.17, 15) is 9.18 Å². The van der Waals surface area contributed by atoms with Gasteiger partial charge < -0.3 is 19.9 Å². The van der Waals surface area contributed by atoms with Crippen LogP contribution in [0.1, 0.15) is 22.3 Å². The summed E-state index contributed by atoms with van der Waals surface area (Å²) in [5, 5.41) is 11.9. The third kappa shape index (κ3) is 3.33.